The lowest BCUT2D eigenvalue weighted by molar-refractivity contribution is -0.148. The summed E-state index contributed by atoms with van der Waals surface area (Å²) in [4.78, 5) is 11.0. The van der Waals surface area contributed by atoms with E-state index >= 15 is 0 Å². The number of hydrogen-bond acceptors (Lipinski definition) is 4. The summed E-state index contributed by atoms with van der Waals surface area (Å²) in [5.41, 5.74) is 2.20. The van der Waals surface area contributed by atoms with Crippen LogP contribution in [0.15, 0.2) is 11.3 Å². The Balaban J connectivity index is 2.13. The van der Waals surface area contributed by atoms with E-state index in [0.717, 1.165) is 30.5 Å². The molecule has 1 aliphatic heterocycles. The maximum absolute atomic E-state index is 11.0. The highest BCUT2D eigenvalue weighted by Crippen LogP contribution is 2.32. The molecule has 0 saturated heterocycles. The zero-order valence-corrected chi connectivity index (χ0v) is 9.82. The van der Waals surface area contributed by atoms with E-state index in [0.29, 0.717) is 6.42 Å². The molecule has 1 heterocycles. The predicted octanol–water partition coefficient (Wildman–Crippen LogP) is 1.10. The Morgan fingerprint density at radius 3 is 3.00 bits per heavy atom. The number of aliphatic hydroxyl groups is 1. The molecule has 0 bridgehead atoms. The first-order valence-electron chi connectivity index (χ1n) is 5.91. The lowest BCUT2D eigenvalue weighted by Gasteiger charge is -2.37. The van der Waals surface area contributed by atoms with Crippen LogP contribution in [0, 0.1) is 0 Å². The first kappa shape index (κ1) is 11.5. The van der Waals surface area contributed by atoms with Gasteiger partial charge in [-0.3, -0.25) is 4.79 Å². The molecule has 90 valence electrons. The van der Waals surface area contributed by atoms with Crippen LogP contribution in [-0.4, -0.2) is 29.3 Å². The highest BCUT2D eigenvalue weighted by atomic mass is 16.5. The van der Waals surface area contributed by atoms with Crippen LogP contribution in [0.25, 0.3) is 0 Å². The molecule has 0 aromatic carbocycles. The molecular weight excluding hydrogens is 206 g/mol. The third-order valence-corrected chi connectivity index (χ3v) is 3.39. The van der Waals surface area contributed by atoms with Crippen molar-refractivity contribution >= 4 is 5.97 Å². The molecule has 0 fully saturated rings. The van der Waals surface area contributed by atoms with Gasteiger partial charge in [-0.05, 0) is 31.8 Å². The minimum absolute atomic E-state index is 0.132. The van der Waals surface area contributed by atoms with E-state index in [9.17, 15) is 9.90 Å². The van der Waals surface area contributed by atoms with E-state index < -0.39 is 0 Å². The molecule has 16 heavy (non-hydrogen) atoms. The number of hydrogen-bond donors (Lipinski definition) is 2. The molecule has 1 aliphatic carbocycles. The molecule has 2 N–H and O–H groups in total. The van der Waals surface area contributed by atoms with Gasteiger partial charge in [0.15, 0.2) is 0 Å². The van der Waals surface area contributed by atoms with E-state index in [2.05, 4.69) is 5.32 Å². The fourth-order valence-electron chi connectivity index (χ4n) is 2.55. The van der Waals surface area contributed by atoms with Gasteiger partial charge in [-0.15, -0.1) is 0 Å². The Morgan fingerprint density at radius 2 is 2.31 bits per heavy atom. The van der Waals surface area contributed by atoms with Crippen molar-refractivity contribution in [2.45, 2.75) is 57.8 Å². The van der Waals surface area contributed by atoms with Crippen LogP contribution in [-0.2, 0) is 9.53 Å². The van der Waals surface area contributed by atoms with Crippen LogP contribution in [0.2, 0.25) is 0 Å². The minimum Gasteiger partial charge on any atom is -0.460 e. The Morgan fingerprint density at radius 1 is 1.56 bits per heavy atom. The van der Waals surface area contributed by atoms with Crippen molar-refractivity contribution in [1.29, 1.82) is 0 Å². The lowest BCUT2D eigenvalue weighted by atomic mass is 9.85. The predicted molar refractivity (Wildman–Crippen MR) is 59.7 cm³/mol. The number of carbonyl (C=O) groups excluding carboxylic acids is 1. The van der Waals surface area contributed by atoms with Crippen LogP contribution >= 0.6 is 0 Å². The Kier molecular flexibility index (Phi) is 3.19. The lowest BCUT2D eigenvalue weighted by Crippen LogP contribution is -2.46. The fourth-order valence-corrected chi connectivity index (χ4v) is 2.55. The number of rotatable bonds is 1. The summed E-state index contributed by atoms with van der Waals surface area (Å²) in [5, 5.41) is 13.3. The maximum atomic E-state index is 11.0. The van der Waals surface area contributed by atoms with E-state index in [1.807, 2.05) is 6.92 Å². The van der Waals surface area contributed by atoms with Gasteiger partial charge in [0, 0.05) is 19.0 Å². The van der Waals surface area contributed by atoms with Gasteiger partial charge in [-0.2, -0.15) is 0 Å². The summed E-state index contributed by atoms with van der Waals surface area (Å²) in [6.07, 6.45) is 3.01. The number of carbonyl (C=O) groups is 1. The first-order valence-corrected chi connectivity index (χ1v) is 5.91. The second-order valence-electron chi connectivity index (χ2n) is 4.70. The maximum Gasteiger partial charge on any atom is 0.302 e. The number of ether oxygens (including phenoxy) is 1. The summed E-state index contributed by atoms with van der Waals surface area (Å²) in [6.45, 7) is 3.44. The Hall–Kier alpha value is -1.03. The van der Waals surface area contributed by atoms with Crippen LogP contribution < -0.4 is 5.32 Å². The Labute approximate surface area is 95.7 Å². The third kappa shape index (κ3) is 2.21. The van der Waals surface area contributed by atoms with Crippen molar-refractivity contribution in [3.63, 3.8) is 0 Å². The molecule has 4 heteroatoms. The molecular formula is C12H19NO3. The molecule has 2 rings (SSSR count). The molecule has 0 saturated carbocycles. The number of aliphatic hydroxyl groups excluding tert-OH is 1. The molecule has 0 aromatic rings. The number of esters is 1. The Bertz CT molecular complexity index is 324. The highest BCUT2D eigenvalue weighted by Gasteiger charge is 2.33. The van der Waals surface area contributed by atoms with Gasteiger partial charge < -0.3 is 15.2 Å². The first-order chi connectivity index (χ1) is 7.58. The molecule has 4 nitrogen and oxygen atoms in total. The van der Waals surface area contributed by atoms with Gasteiger partial charge in [0.2, 0.25) is 0 Å². The fraction of sp³-hybridized carbons (Fsp3) is 0.750. The average molecular weight is 225 g/mol. The van der Waals surface area contributed by atoms with Crippen molar-refractivity contribution in [2.75, 3.05) is 0 Å². The molecule has 1 unspecified atom stereocenters. The standard InChI is InChI=1S/C12H19NO3/c1-7-12(16-8(2)14)6-9-10(13-7)4-3-5-11(9)15/h7,11-13,15H,3-6H2,1-2H3/t7-,11?,12+/m0/s1. The second kappa shape index (κ2) is 4.45. The molecule has 0 amide bonds. The zero-order valence-electron chi connectivity index (χ0n) is 9.82. The normalized spacial score (nSPS) is 34.1. The van der Waals surface area contributed by atoms with Crippen molar-refractivity contribution in [3.8, 4) is 0 Å². The van der Waals surface area contributed by atoms with Gasteiger partial charge in [-0.1, -0.05) is 0 Å². The zero-order chi connectivity index (χ0) is 11.7. The van der Waals surface area contributed by atoms with E-state index in [-0.39, 0.29) is 24.2 Å². The van der Waals surface area contributed by atoms with Crippen LogP contribution in [0.3, 0.4) is 0 Å². The van der Waals surface area contributed by atoms with Gasteiger partial charge in [0.1, 0.15) is 6.10 Å². The van der Waals surface area contributed by atoms with Gasteiger partial charge in [0.05, 0.1) is 12.1 Å². The molecule has 0 spiro atoms. The number of nitrogens with one attached hydrogen (secondary N) is 1. The van der Waals surface area contributed by atoms with Crippen molar-refractivity contribution < 1.29 is 14.6 Å². The monoisotopic (exact) mass is 225 g/mol. The topological polar surface area (TPSA) is 58.6 Å². The highest BCUT2D eigenvalue weighted by molar-refractivity contribution is 5.66. The third-order valence-electron chi connectivity index (χ3n) is 3.39. The van der Waals surface area contributed by atoms with E-state index in [1.165, 1.54) is 6.92 Å². The van der Waals surface area contributed by atoms with Crippen LogP contribution in [0.1, 0.15) is 39.5 Å². The SMILES string of the molecule is CC(=O)O[C@@H]1CC2=C(CCCC2O)N[C@H]1C. The number of allylic oxidation sites excluding steroid dienone is 1. The molecule has 2 aliphatic rings. The van der Waals surface area contributed by atoms with Crippen molar-refractivity contribution in [3.05, 3.63) is 11.3 Å². The molecule has 3 atom stereocenters. The average Bonchev–Trinajstić information content (AvgIpc) is 2.20. The van der Waals surface area contributed by atoms with Gasteiger partial charge >= 0.3 is 5.97 Å². The van der Waals surface area contributed by atoms with Crippen molar-refractivity contribution in [1.82, 2.24) is 5.32 Å². The summed E-state index contributed by atoms with van der Waals surface area (Å²) >= 11 is 0. The van der Waals surface area contributed by atoms with Crippen LogP contribution in [0.5, 0.6) is 0 Å². The van der Waals surface area contributed by atoms with Crippen LogP contribution in [0.4, 0.5) is 0 Å². The summed E-state index contributed by atoms with van der Waals surface area (Å²) < 4.78 is 5.25. The van der Waals surface area contributed by atoms with Gasteiger partial charge in [-0.25, -0.2) is 0 Å². The minimum atomic E-state index is -0.359. The summed E-state index contributed by atoms with van der Waals surface area (Å²) in [6, 6.07) is 0.132. The quantitative estimate of drug-likeness (QED) is 0.656. The van der Waals surface area contributed by atoms with E-state index in [4.69, 9.17) is 4.74 Å². The van der Waals surface area contributed by atoms with Crippen molar-refractivity contribution in [2.24, 2.45) is 0 Å². The largest absolute Gasteiger partial charge is 0.460 e. The molecule has 0 radical (unpaired) electrons. The smallest absolute Gasteiger partial charge is 0.302 e. The molecule has 0 aromatic heterocycles. The summed E-state index contributed by atoms with van der Waals surface area (Å²) in [7, 11) is 0. The van der Waals surface area contributed by atoms with Gasteiger partial charge in [0.25, 0.3) is 0 Å². The summed E-state index contributed by atoms with van der Waals surface area (Å²) in [5.74, 6) is -0.256. The second-order valence-corrected chi connectivity index (χ2v) is 4.70. The van der Waals surface area contributed by atoms with E-state index in [1.54, 1.807) is 0 Å².